The highest BCUT2D eigenvalue weighted by molar-refractivity contribution is 5.46. The van der Waals surface area contributed by atoms with Crippen molar-refractivity contribution in [2.24, 2.45) is 5.92 Å². The van der Waals surface area contributed by atoms with Crippen LogP contribution in [-0.2, 0) is 4.74 Å². The van der Waals surface area contributed by atoms with Gasteiger partial charge in [-0.05, 0) is 18.8 Å². The number of nitro benzene ring substituents is 1. The number of hydrogen-bond acceptors (Lipinski definition) is 6. The first-order valence-corrected chi connectivity index (χ1v) is 8.27. The van der Waals surface area contributed by atoms with Gasteiger partial charge < -0.3 is 15.2 Å². The Morgan fingerprint density at radius 3 is 2.62 bits per heavy atom. The zero-order chi connectivity index (χ0) is 17.1. The van der Waals surface area contributed by atoms with Crippen LogP contribution in [0, 0.1) is 21.8 Å². The van der Waals surface area contributed by atoms with Crippen molar-refractivity contribution in [3.63, 3.8) is 0 Å². The van der Waals surface area contributed by atoms with Gasteiger partial charge in [-0.2, -0.15) is 0 Å². The Balaban J connectivity index is 2.01. The Bertz CT molecular complexity index is 583. The number of aromatic hydroxyl groups is 1. The first-order valence-electron chi connectivity index (χ1n) is 8.27. The van der Waals surface area contributed by atoms with Gasteiger partial charge in [-0.25, -0.2) is 4.39 Å². The Morgan fingerprint density at radius 1 is 1.33 bits per heavy atom. The Kier molecular flexibility index (Phi) is 5.27. The minimum absolute atomic E-state index is 0.171. The number of piperazine rings is 1. The summed E-state index contributed by atoms with van der Waals surface area (Å²) < 4.78 is 19.5. The zero-order valence-corrected chi connectivity index (χ0v) is 13.4. The molecule has 0 bridgehead atoms. The maximum Gasteiger partial charge on any atom is 0.272 e. The second-order valence-corrected chi connectivity index (χ2v) is 6.30. The zero-order valence-electron chi connectivity index (χ0n) is 13.4. The van der Waals surface area contributed by atoms with Crippen LogP contribution in [0.3, 0.4) is 0 Å². The maximum absolute atomic E-state index is 14.1. The standard InChI is InChI=1S/C16H22FN3O4/c17-14-10-12(20(22)23)9-13(16(14)21)15(11-1-7-24-8-2-11)19-5-3-18-4-6-19/h9-11,15,18,21H,1-8H2/t15-/m1/s1. The van der Waals surface area contributed by atoms with E-state index in [-0.39, 0.29) is 17.6 Å². The molecule has 7 nitrogen and oxygen atoms in total. The molecule has 1 atom stereocenters. The van der Waals surface area contributed by atoms with E-state index in [2.05, 4.69) is 10.2 Å². The minimum atomic E-state index is -0.939. The first-order chi connectivity index (χ1) is 11.6. The lowest BCUT2D eigenvalue weighted by Gasteiger charge is -2.41. The number of nitrogens with zero attached hydrogens (tertiary/aromatic N) is 2. The average Bonchev–Trinajstić information content (AvgIpc) is 2.60. The van der Waals surface area contributed by atoms with Crippen molar-refractivity contribution < 1.29 is 19.2 Å². The fourth-order valence-corrected chi connectivity index (χ4v) is 3.68. The molecule has 1 aromatic carbocycles. The van der Waals surface area contributed by atoms with Gasteiger partial charge in [-0.1, -0.05) is 0 Å². The summed E-state index contributed by atoms with van der Waals surface area (Å²) in [5.74, 6) is -1.24. The predicted molar refractivity (Wildman–Crippen MR) is 85.4 cm³/mol. The lowest BCUT2D eigenvalue weighted by Crippen LogP contribution is -2.47. The van der Waals surface area contributed by atoms with Gasteiger partial charge in [0.05, 0.1) is 11.0 Å². The molecule has 8 heteroatoms. The van der Waals surface area contributed by atoms with E-state index < -0.39 is 16.5 Å². The first kappa shape index (κ1) is 17.1. The van der Waals surface area contributed by atoms with Crippen molar-refractivity contribution in [2.75, 3.05) is 39.4 Å². The number of nitro groups is 1. The highest BCUT2D eigenvalue weighted by Gasteiger charge is 2.34. The predicted octanol–water partition coefficient (Wildman–Crippen LogP) is 1.81. The van der Waals surface area contributed by atoms with Crippen LogP contribution >= 0.6 is 0 Å². The number of halogens is 1. The summed E-state index contributed by atoms with van der Waals surface area (Å²) in [5.41, 5.74) is -0.0111. The van der Waals surface area contributed by atoms with Crippen molar-refractivity contribution in [3.05, 3.63) is 33.6 Å². The third kappa shape index (κ3) is 3.50. The molecule has 1 aromatic rings. The van der Waals surface area contributed by atoms with Crippen molar-refractivity contribution in [1.29, 1.82) is 0 Å². The van der Waals surface area contributed by atoms with Gasteiger partial charge in [0.15, 0.2) is 11.6 Å². The van der Waals surface area contributed by atoms with Crippen molar-refractivity contribution in [1.82, 2.24) is 10.2 Å². The third-order valence-corrected chi connectivity index (χ3v) is 4.86. The molecule has 0 aromatic heterocycles. The molecule has 24 heavy (non-hydrogen) atoms. The highest BCUT2D eigenvalue weighted by atomic mass is 19.1. The fraction of sp³-hybridized carbons (Fsp3) is 0.625. The molecule has 2 saturated heterocycles. The lowest BCUT2D eigenvalue weighted by atomic mass is 9.85. The Morgan fingerprint density at radius 2 is 2.00 bits per heavy atom. The normalized spacial score (nSPS) is 21.5. The molecule has 2 aliphatic heterocycles. The van der Waals surface area contributed by atoms with Crippen LogP contribution in [0.2, 0.25) is 0 Å². The summed E-state index contributed by atoms with van der Waals surface area (Å²) in [6.07, 6.45) is 1.58. The second-order valence-electron chi connectivity index (χ2n) is 6.30. The number of hydrogen-bond donors (Lipinski definition) is 2. The van der Waals surface area contributed by atoms with E-state index in [9.17, 15) is 19.6 Å². The van der Waals surface area contributed by atoms with Crippen molar-refractivity contribution in [3.8, 4) is 5.75 Å². The molecular formula is C16H22FN3O4. The molecule has 0 aliphatic carbocycles. The van der Waals surface area contributed by atoms with Crippen molar-refractivity contribution in [2.45, 2.75) is 18.9 Å². The van der Waals surface area contributed by atoms with E-state index in [0.717, 1.165) is 45.1 Å². The summed E-state index contributed by atoms with van der Waals surface area (Å²) in [7, 11) is 0. The quantitative estimate of drug-likeness (QED) is 0.643. The van der Waals surface area contributed by atoms with Gasteiger partial charge in [0, 0.05) is 57.1 Å². The molecule has 0 amide bonds. The summed E-state index contributed by atoms with van der Waals surface area (Å²) in [6, 6.07) is 1.85. The largest absolute Gasteiger partial charge is 0.505 e. The molecule has 3 rings (SSSR count). The number of nitrogens with one attached hydrogen (secondary N) is 1. The highest BCUT2D eigenvalue weighted by Crippen LogP contribution is 2.41. The van der Waals surface area contributed by atoms with E-state index in [0.29, 0.717) is 18.8 Å². The van der Waals surface area contributed by atoms with Crippen LogP contribution in [0.25, 0.3) is 0 Å². The van der Waals surface area contributed by atoms with Gasteiger partial charge in [-0.15, -0.1) is 0 Å². The van der Waals surface area contributed by atoms with Gasteiger partial charge in [0.25, 0.3) is 5.69 Å². The molecule has 2 heterocycles. The second kappa shape index (κ2) is 7.42. The number of benzene rings is 1. The summed E-state index contributed by atoms with van der Waals surface area (Å²) in [4.78, 5) is 12.7. The van der Waals surface area contributed by atoms with Gasteiger partial charge in [0.2, 0.25) is 0 Å². The van der Waals surface area contributed by atoms with E-state index in [1.165, 1.54) is 6.07 Å². The maximum atomic E-state index is 14.1. The SMILES string of the molecule is O=[N+]([O-])c1cc(F)c(O)c([C@@H](C2CCOCC2)N2CCNCC2)c1. The molecule has 2 fully saturated rings. The Hall–Kier alpha value is -1.77. The van der Waals surface area contributed by atoms with E-state index >= 15 is 0 Å². The van der Waals surface area contributed by atoms with Crippen LogP contribution in [0.5, 0.6) is 5.75 Å². The molecule has 0 saturated carbocycles. The molecule has 2 N–H and O–H groups in total. The third-order valence-electron chi connectivity index (χ3n) is 4.86. The van der Waals surface area contributed by atoms with Crippen LogP contribution in [0.4, 0.5) is 10.1 Å². The van der Waals surface area contributed by atoms with Gasteiger partial charge in [-0.3, -0.25) is 15.0 Å². The lowest BCUT2D eigenvalue weighted by molar-refractivity contribution is -0.385. The molecule has 132 valence electrons. The van der Waals surface area contributed by atoms with Gasteiger partial charge >= 0.3 is 0 Å². The molecule has 0 spiro atoms. The Labute approximate surface area is 139 Å². The summed E-state index contributed by atoms with van der Waals surface area (Å²) in [6.45, 7) is 4.35. The van der Waals surface area contributed by atoms with E-state index in [1.807, 2.05) is 0 Å². The monoisotopic (exact) mass is 339 g/mol. The van der Waals surface area contributed by atoms with Crippen molar-refractivity contribution >= 4 is 5.69 Å². The molecule has 2 aliphatic rings. The molecule has 0 unspecified atom stereocenters. The van der Waals surface area contributed by atoms with Crippen LogP contribution in [0.1, 0.15) is 24.4 Å². The number of non-ortho nitro benzene ring substituents is 1. The van der Waals surface area contributed by atoms with Crippen LogP contribution in [0.15, 0.2) is 12.1 Å². The summed E-state index contributed by atoms with van der Waals surface area (Å²) >= 11 is 0. The number of rotatable bonds is 4. The number of phenolic OH excluding ortho intramolecular Hbond substituents is 1. The van der Waals surface area contributed by atoms with E-state index in [1.54, 1.807) is 0 Å². The van der Waals surface area contributed by atoms with Gasteiger partial charge in [0.1, 0.15) is 0 Å². The minimum Gasteiger partial charge on any atom is -0.505 e. The van der Waals surface area contributed by atoms with Crippen LogP contribution < -0.4 is 5.32 Å². The topological polar surface area (TPSA) is 87.9 Å². The smallest absolute Gasteiger partial charge is 0.272 e. The summed E-state index contributed by atoms with van der Waals surface area (Å²) in [5, 5.41) is 24.6. The fourth-order valence-electron chi connectivity index (χ4n) is 3.68. The molecule has 0 radical (unpaired) electrons. The van der Waals surface area contributed by atoms with E-state index in [4.69, 9.17) is 4.74 Å². The van der Waals surface area contributed by atoms with Crippen LogP contribution in [-0.4, -0.2) is 54.3 Å². The molecular weight excluding hydrogens is 317 g/mol. The number of phenols is 1. The number of ether oxygens (including phenoxy) is 1. The average molecular weight is 339 g/mol.